The molecule has 3 aromatic rings. The van der Waals surface area contributed by atoms with Gasteiger partial charge in [-0.15, -0.1) is 11.3 Å². The highest BCUT2D eigenvalue weighted by molar-refractivity contribution is 8.00. The zero-order valence-corrected chi connectivity index (χ0v) is 12.5. The summed E-state index contributed by atoms with van der Waals surface area (Å²) in [4.78, 5) is 4.50. The Labute approximate surface area is 129 Å². The predicted octanol–water partition coefficient (Wildman–Crippen LogP) is 2.41. The molecule has 0 bridgehead atoms. The van der Waals surface area contributed by atoms with Gasteiger partial charge in [-0.25, -0.2) is 9.37 Å². The maximum atomic E-state index is 13.2. The van der Waals surface area contributed by atoms with Crippen LogP contribution in [0.15, 0.2) is 46.8 Å². The predicted molar refractivity (Wildman–Crippen MR) is 85.4 cm³/mol. The lowest BCUT2D eigenvalue weighted by atomic mass is 9.77. The molecule has 3 rings (SSSR count). The van der Waals surface area contributed by atoms with Gasteiger partial charge in [-0.1, -0.05) is 30.0 Å². The fraction of sp³-hybridized carbons (Fsp3) is 0.0714. The molecule has 0 saturated carbocycles. The third-order valence-corrected chi connectivity index (χ3v) is 5.24. The highest BCUT2D eigenvalue weighted by Gasteiger charge is 2.17. The number of benzene rings is 2. The highest BCUT2D eigenvalue weighted by Crippen LogP contribution is 2.31. The van der Waals surface area contributed by atoms with Crippen LogP contribution in [0.25, 0.3) is 10.2 Å². The molecule has 0 fully saturated rings. The van der Waals surface area contributed by atoms with Gasteiger partial charge in [-0.2, -0.15) is 0 Å². The highest BCUT2D eigenvalue weighted by atomic mass is 32.2. The summed E-state index contributed by atoms with van der Waals surface area (Å²) in [6.45, 7) is 0. The van der Waals surface area contributed by atoms with Crippen LogP contribution in [0.3, 0.4) is 0 Å². The Hall–Kier alpha value is -1.41. The quantitative estimate of drug-likeness (QED) is 0.573. The summed E-state index contributed by atoms with van der Waals surface area (Å²) in [6, 6.07) is 11.9. The number of nitrogens with zero attached hydrogens (tertiary/aromatic N) is 1. The standard InChI is InChI=1S/C14H11BFNO2S2/c16-10-6-5-9(11(7-10)15(18)19)8-20-14-17-12-3-1-2-4-13(12)21-14/h1-7,18-19H,8H2. The first-order chi connectivity index (χ1) is 10.1. The lowest BCUT2D eigenvalue weighted by Crippen LogP contribution is -2.33. The number of rotatable bonds is 4. The van der Waals surface area contributed by atoms with Crippen molar-refractivity contribution in [2.24, 2.45) is 0 Å². The van der Waals surface area contributed by atoms with Crippen molar-refractivity contribution in [1.29, 1.82) is 0 Å². The van der Waals surface area contributed by atoms with Crippen LogP contribution < -0.4 is 5.46 Å². The van der Waals surface area contributed by atoms with Crippen LogP contribution in [0.4, 0.5) is 4.39 Å². The van der Waals surface area contributed by atoms with Gasteiger partial charge >= 0.3 is 7.12 Å². The van der Waals surface area contributed by atoms with Crippen molar-refractivity contribution in [3.05, 3.63) is 53.8 Å². The van der Waals surface area contributed by atoms with Gasteiger partial charge in [0.2, 0.25) is 0 Å². The first-order valence-corrected chi connectivity index (χ1v) is 8.06. The van der Waals surface area contributed by atoms with Gasteiger partial charge in [0, 0.05) is 5.75 Å². The van der Waals surface area contributed by atoms with Crippen molar-refractivity contribution < 1.29 is 14.4 Å². The Kier molecular flexibility index (Phi) is 4.25. The molecule has 21 heavy (non-hydrogen) atoms. The molecule has 1 aromatic heterocycles. The largest absolute Gasteiger partial charge is 0.488 e. The van der Waals surface area contributed by atoms with Crippen LogP contribution in [0, 0.1) is 5.82 Å². The maximum Gasteiger partial charge on any atom is 0.488 e. The molecule has 0 aliphatic rings. The molecular weight excluding hydrogens is 308 g/mol. The number of halogens is 1. The fourth-order valence-corrected chi connectivity index (χ4v) is 4.07. The van der Waals surface area contributed by atoms with Crippen molar-refractivity contribution in [2.75, 3.05) is 0 Å². The third-order valence-electron chi connectivity index (χ3n) is 3.01. The van der Waals surface area contributed by atoms with Gasteiger partial charge in [-0.3, -0.25) is 0 Å². The van der Waals surface area contributed by atoms with E-state index in [2.05, 4.69) is 4.98 Å². The molecule has 0 atom stereocenters. The molecule has 0 aliphatic carbocycles. The number of fused-ring (bicyclic) bond motifs is 1. The Morgan fingerprint density at radius 2 is 2.00 bits per heavy atom. The normalized spacial score (nSPS) is 11.0. The lowest BCUT2D eigenvalue weighted by molar-refractivity contribution is 0.425. The number of thiazole rings is 1. The summed E-state index contributed by atoms with van der Waals surface area (Å²) >= 11 is 3.09. The summed E-state index contributed by atoms with van der Waals surface area (Å²) in [5.74, 6) is 0.0272. The van der Waals surface area contributed by atoms with Gasteiger partial charge in [-0.05, 0) is 35.3 Å². The van der Waals surface area contributed by atoms with Crippen molar-refractivity contribution in [3.8, 4) is 0 Å². The monoisotopic (exact) mass is 319 g/mol. The van der Waals surface area contributed by atoms with Crippen molar-refractivity contribution in [1.82, 2.24) is 4.98 Å². The molecule has 0 saturated heterocycles. The maximum absolute atomic E-state index is 13.2. The van der Waals surface area contributed by atoms with Crippen LogP contribution in [0.5, 0.6) is 0 Å². The van der Waals surface area contributed by atoms with Crippen LogP contribution in [-0.4, -0.2) is 22.2 Å². The van der Waals surface area contributed by atoms with E-state index in [4.69, 9.17) is 0 Å². The van der Waals surface area contributed by atoms with Crippen LogP contribution in [0.1, 0.15) is 5.56 Å². The third kappa shape index (κ3) is 3.27. The second-order valence-electron chi connectivity index (χ2n) is 4.45. The van der Waals surface area contributed by atoms with Gasteiger partial charge in [0.1, 0.15) is 5.82 Å². The van der Waals surface area contributed by atoms with E-state index >= 15 is 0 Å². The van der Waals surface area contributed by atoms with Gasteiger partial charge in [0.05, 0.1) is 10.2 Å². The number of hydrogen-bond donors (Lipinski definition) is 2. The van der Waals surface area contributed by atoms with E-state index in [1.807, 2.05) is 24.3 Å². The number of thioether (sulfide) groups is 1. The van der Waals surface area contributed by atoms with E-state index in [-0.39, 0.29) is 5.46 Å². The molecule has 106 valence electrons. The fourth-order valence-electron chi connectivity index (χ4n) is 1.99. The minimum absolute atomic E-state index is 0.198. The first kappa shape index (κ1) is 14.5. The smallest absolute Gasteiger partial charge is 0.423 e. The van der Waals surface area contributed by atoms with Gasteiger partial charge in [0.15, 0.2) is 4.34 Å². The molecule has 3 nitrogen and oxygen atoms in total. The van der Waals surface area contributed by atoms with Crippen molar-refractivity contribution in [3.63, 3.8) is 0 Å². The molecule has 2 aromatic carbocycles. The minimum Gasteiger partial charge on any atom is -0.423 e. The van der Waals surface area contributed by atoms with Crippen molar-refractivity contribution in [2.45, 2.75) is 10.1 Å². The summed E-state index contributed by atoms with van der Waals surface area (Å²) in [5, 5.41) is 18.6. The van der Waals surface area contributed by atoms with E-state index in [0.717, 1.165) is 20.6 Å². The van der Waals surface area contributed by atoms with Gasteiger partial charge in [0.25, 0.3) is 0 Å². The first-order valence-electron chi connectivity index (χ1n) is 6.26. The molecule has 1 heterocycles. The van der Waals surface area contributed by atoms with Crippen molar-refractivity contribution >= 4 is 45.9 Å². The van der Waals surface area contributed by atoms with E-state index in [1.54, 1.807) is 17.4 Å². The molecule has 2 N–H and O–H groups in total. The van der Waals surface area contributed by atoms with Crippen LogP contribution in [-0.2, 0) is 5.75 Å². The Morgan fingerprint density at radius 1 is 1.19 bits per heavy atom. The minimum atomic E-state index is -1.67. The SMILES string of the molecule is OB(O)c1cc(F)ccc1CSc1nc2ccccc2s1. The summed E-state index contributed by atoms with van der Waals surface area (Å²) in [5.41, 5.74) is 1.84. The Bertz CT molecular complexity index is 746. The number of hydrogen-bond acceptors (Lipinski definition) is 5. The van der Waals surface area contributed by atoms with Crippen LogP contribution >= 0.6 is 23.1 Å². The second-order valence-corrected chi connectivity index (χ2v) is 6.71. The zero-order valence-electron chi connectivity index (χ0n) is 10.9. The topological polar surface area (TPSA) is 53.4 Å². The average molecular weight is 319 g/mol. The summed E-state index contributed by atoms with van der Waals surface area (Å²) < 4.78 is 15.2. The molecule has 0 radical (unpaired) electrons. The molecule has 0 amide bonds. The number of para-hydroxylation sites is 1. The zero-order chi connectivity index (χ0) is 14.8. The average Bonchev–Trinajstić information content (AvgIpc) is 2.88. The van der Waals surface area contributed by atoms with E-state index in [1.165, 1.54) is 17.8 Å². The molecule has 7 heteroatoms. The Balaban J connectivity index is 1.81. The lowest BCUT2D eigenvalue weighted by Gasteiger charge is -2.07. The molecular formula is C14H11BFNO2S2. The summed E-state index contributed by atoms with van der Waals surface area (Å²) in [6.07, 6.45) is 0. The van der Waals surface area contributed by atoms with Crippen LogP contribution in [0.2, 0.25) is 0 Å². The number of aromatic nitrogens is 1. The van der Waals surface area contributed by atoms with E-state index < -0.39 is 12.9 Å². The summed E-state index contributed by atoms with van der Waals surface area (Å²) in [7, 11) is -1.67. The van der Waals surface area contributed by atoms with E-state index in [9.17, 15) is 14.4 Å². The molecule has 0 spiro atoms. The second kappa shape index (κ2) is 6.15. The van der Waals surface area contributed by atoms with E-state index in [0.29, 0.717) is 11.3 Å². The Morgan fingerprint density at radius 3 is 2.76 bits per heavy atom. The molecule has 0 aliphatic heterocycles. The van der Waals surface area contributed by atoms with Gasteiger partial charge < -0.3 is 10.0 Å². The molecule has 0 unspecified atom stereocenters.